The lowest BCUT2D eigenvalue weighted by Gasteiger charge is -2.32. The van der Waals surface area contributed by atoms with E-state index in [1.165, 1.54) is 18.2 Å². The second-order valence-corrected chi connectivity index (χ2v) is 12.5. The van der Waals surface area contributed by atoms with Gasteiger partial charge < -0.3 is 35.5 Å². The minimum absolute atomic E-state index is 0.00405. The summed E-state index contributed by atoms with van der Waals surface area (Å²) in [5.41, 5.74) is 2.96. The van der Waals surface area contributed by atoms with Crippen LogP contribution >= 0.6 is 11.6 Å². The Hall–Kier alpha value is -5.73. The Kier molecular flexibility index (Phi) is 10.6. The van der Waals surface area contributed by atoms with E-state index in [2.05, 4.69) is 36.0 Å². The minimum Gasteiger partial charge on any atom is -0.461 e. The van der Waals surface area contributed by atoms with Gasteiger partial charge in [0.05, 0.1) is 17.3 Å². The maximum atomic E-state index is 14.7. The summed E-state index contributed by atoms with van der Waals surface area (Å²) in [5.74, 6) is -2.33. The average Bonchev–Trinajstić information content (AvgIpc) is 3.78. The van der Waals surface area contributed by atoms with Crippen LogP contribution in [0.15, 0.2) is 72.8 Å². The number of esters is 1. The number of aromatic nitrogens is 3. The highest BCUT2D eigenvalue weighted by Gasteiger charge is 2.25. The number of fused-ring (bicyclic) bond motifs is 1. The molecule has 15 heteroatoms. The Morgan fingerprint density at radius 1 is 0.941 bits per heavy atom. The molecule has 0 bridgehead atoms. The first-order valence-corrected chi connectivity index (χ1v) is 16.7. The summed E-state index contributed by atoms with van der Waals surface area (Å²) in [4.78, 5) is 59.1. The fraction of sp³-hybridized carbons (Fsp3) is 0.250. The third kappa shape index (κ3) is 8.36. The molecule has 51 heavy (non-hydrogen) atoms. The van der Waals surface area contributed by atoms with Gasteiger partial charge in [0, 0.05) is 60.4 Å². The Morgan fingerprint density at radius 3 is 2.43 bits per heavy atom. The van der Waals surface area contributed by atoms with E-state index in [0.29, 0.717) is 40.9 Å². The largest absolute Gasteiger partial charge is 0.461 e. The van der Waals surface area contributed by atoms with E-state index in [0.717, 1.165) is 13.1 Å². The van der Waals surface area contributed by atoms with Gasteiger partial charge in [-0.25, -0.2) is 14.0 Å². The number of hydrogen-bond acceptors (Lipinski definition) is 7. The molecule has 0 spiro atoms. The standard InChI is InChI=1S/C36H36ClFN8O5/c1-3-51-35(49)31-19-22-18-24(11-12-27(22)41-31)39-33(47)29(42-34(48)30-20-28(43-44-30)25-5-4-6-26(37)32(25)38)17-21-7-9-23(10-8-21)40-36(50)46-15-13-45(2)14-16-46/h4-12,18-20,29,41H,3,13-17H2,1-2H3,(H,39,47)(H,40,50)(H,42,48)(H,43,44). The SMILES string of the molecule is CCOC(=O)c1cc2cc(NC(=O)C(Cc3ccc(NC(=O)N4CCN(C)CC4)cc3)NC(=O)c3cc(-c4cccc(Cl)c4F)n[nH]3)ccc2[nH]1. The highest BCUT2D eigenvalue weighted by Crippen LogP contribution is 2.27. The molecule has 0 saturated carbocycles. The van der Waals surface area contributed by atoms with E-state index in [1.54, 1.807) is 66.4 Å². The van der Waals surface area contributed by atoms with Crippen molar-refractivity contribution in [2.75, 3.05) is 50.5 Å². The fourth-order valence-corrected chi connectivity index (χ4v) is 5.83. The number of aromatic amines is 2. The number of nitrogens with one attached hydrogen (secondary N) is 5. The maximum absolute atomic E-state index is 14.7. The van der Waals surface area contributed by atoms with Gasteiger partial charge in [0.2, 0.25) is 5.91 Å². The van der Waals surface area contributed by atoms with Crippen molar-refractivity contribution in [3.63, 3.8) is 0 Å². The summed E-state index contributed by atoms with van der Waals surface area (Å²) in [6.45, 7) is 4.81. The smallest absolute Gasteiger partial charge is 0.354 e. The summed E-state index contributed by atoms with van der Waals surface area (Å²) in [6, 6.07) is 18.3. The predicted octanol–water partition coefficient (Wildman–Crippen LogP) is 5.29. The van der Waals surface area contributed by atoms with Crippen LogP contribution < -0.4 is 16.0 Å². The molecular weight excluding hydrogens is 679 g/mol. The van der Waals surface area contributed by atoms with Gasteiger partial charge in [-0.15, -0.1) is 0 Å². The summed E-state index contributed by atoms with van der Waals surface area (Å²) in [5, 5.41) is 15.8. The van der Waals surface area contributed by atoms with E-state index in [9.17, 15) is 23.6 Å². The number of piperazine rings is 1. The van der Waals surface area contributed by atoms with Crippen molar-refractivity contribution in [3.05, 3.63) is 101 Å². The van der Waals surface area contributed by atoms with E-state index in [-0.39, 0.29) is 46.7 Å². The van der Waals surface area contributed by atoms with Crippen molar-refractivity contribution in [2.24, 2.45) is 0 Å². The molecule has 1 unspecified atom stereocenters. The lowest BCUT2D eigenvalue weighted by Crippen LogP contribution is -2.48. The molecule has 1 atom stereocenters. The number of H-pyrrole nitrogens is 2. The van der Waals surface area contributed by atoms with Gasteiger partial charge in [-0.1, -0.05) is 29.8 Å². The minimum atomic E-state index is -1.07. The van der Waals surface area contributed by atoms with E-state index in [1.807, 2.05) is 7.05 Å². The van der Waals surface area contributed by atoms with Crippen LogP contribution in [-0.2, 0) is 16.0 Å². The molecule has 1 fully saturated rings. The number of halogens is 2. The molecule has 3 heterocycles. The van der Waals surface area contributed by atoms with Crippen molar-refractivity contribution in [3.8, 4) is 11.3 Å². The molecule has 5 N–H and O–H groups in total. The number of carbonyl (C=O) groups excluding carboxylic acids is 4. The molecular formula is C36H36ClFN8O5. The number of carbonyl (C=O) groups is 4. The molecule has 2 aromatic heterocycles. The van der Waals surface area contributed by atoms with Crippen molar-refractivity contribution in [2.45, 2.75) is 19.4 Å². The molecule has 3 aromatic carbocycles. The van der Waals surface area contributed by atoms with Crippen LogP contribution in [0.4, 0.5) is 20.6 Å². The van der Waals surface area contributed by atoms with E-state index < -0.39 is 29.6 Å². The van der Waals surface area contributed by atoms with Gasteiger partial charge in [0.25, 0.3) is 5.91 Å². The van der Waals surface area contributed by atoms with E-state index >= 15 is 0 Å². The highest BCUT2D eigenvalue weighted by atomic mass is 35.5. The first-order chi connectivity index (χ1) is 24.6. The number of amides is 4. The molecule has 1 aliphatic heterocycles. The van der Waals surface area contributed by atoms with E-state index in [4.69, 9.17) is 16.3 Å². The van der Waals surface area contributed by atoms with Crippen molar-refractivity contribution < 1.29 is 28.3 Å². The molecule has 6 rings (SSSR count). The Balaban J connectivity index is 1.19. The second kappa shape index (κ2) is 15.4. The Labute approximate surface area is 297 Å². The predicted molar refractivity (Wildman–Crippen MR) is 191 cm³/mol. The third-order valence-corrected chi connectivity index (χ3v) is 8.78. The topological polar surface area (TPSA) is 165 Å². The third-order valence-electron chi connectivity index (χ3n) is 8.49. The molecule has 1 aliphatic rings. The first-order valence-electron chi connectivity index (χ1n) is 16.3. The molecule has 1 saturated heterocycles. The number of nitrogens with zero attached hydrogens (tertiary/aromatic N) is 3. The molecule has 4 amide bonds. The molecule has 0 aliphatic carbocycles. The van der Waals surface area contributed by atoms with Crippen LogP contribution in [0.5, 0.6) is 0 Å². The van der Waals surface area contributed by atoms with Crippen LogP contribution in [0.1, 0.15) is 33.5 Å². The van der Waals surface area contributed by atoms with Gasteiger partial charge >= 0.3 is 12.0 Å². The van der Waals surface area contributed by atoms with Crippen LogP contribution in [0.25, 0.3) is 22.2 Å². The number of ether oxygens (including phenoxy) is 1. The summed E-state index contributed by atoms with van der Waals surface area (Å²) >= 11 is 5.93. The number of hydrogen-bond donors (Lipinski definition) is 5. The molecule has 13 nitrogen and oxygen atoms in total. The molecule has 0 radical (unpaired) electrons. The first kappa shape index (κ1) is 35.1. The summed E-state index contributed by atoms with van der Waals surface area (Å²) in [6.07, 6.45) is 0.0909. The average molecular weight is 715 g/mol. The Morgan fingerprint density at radius 2 is 1.69 bits per heavy atom. The fourth-order valence-electron chi connectivity index (χ4n) is 5.65. The summed E-state index contributed by atoms with van der Waals surface area (Å²) < 4.78 is 19.7. The van der Waals surface area contributed by atoms with Crippen molar-refractivity contribution in [1.29, 1.82) is 0 Å². The quantitative estimate of drug-likeness (QED) is 0.123. The number of anilines is 2. The van der Waals surface area contributed by atoms with Crippen LogP contribution in [0.3, 0.4) is 0 Å². The zero-order valence-corrected chi connectivity index (χ0v) is 28.6. The number of likely N-dealkylation sites (N-methyl/N-ethyl adjacent to an activating group) is 1. The Bertz CT molecular complexity index is 2070. The second-order valence-electron chi connectivity index (χ2n) is 12.1. The number of rotatable bonds is 10. The molecule has 5 aromatic rings. The van der Waals surface area contributed by atoms with Gasteiger partial charge in [0.15, 0.2) is 5.82 Å². The zero-order chi connectivity index (χ0) is 36.1. The van der Waals surface area contributed by atoms with Gasteiger partial charge in [0.1, 0.15) is 17.4 Å². The number of urea groups is 1. The van der Waals surface area contributed by atoms with Crippen LogP contribution in [0, 0.1) is 5.82 Å². The van der Waals surface area contributed by atoms with Gasteiger partial charge in [-0.05, 0) is 74.1 Å². The monoisotopic (exact) mass is 714 g/mol. The van der Waals surface area contributed by atoms with Crippen molar-refractivity contribution in [1.82, 2.24) is 30.3 Å². The lowest BCUT2D eigenvalue weighted by molar-refractivity contribution is -0.118. The normalized spacial score (nSPS) is 13.8. The van der Waals surface area contributed by atoms with Gasteiger partial charge in [-0.3, -0.25) is 14.7 Å². The zero-order valence-electron chi connectivity index (χ0n) is 27.9. The van der Waals surface area contributed by atoms with Crippen LogP contribution in [-0.4, -0.2) is 94.7 Å². The van der Waals surface area contributed by atoms with Gasteiger partial charge in [-0.2, -0.15) is 5.10 Å². The highest BCUT2D eigenvalue weighted by molar-refractivity contribution is 6.31. The summed E-state index contributed by atoms with van der Waals surface area (Å²) in [7, 11) is 2.02. The van der Waals surface area contributed by atoms with Crippen molar-refractivity contribution >= 4 is 57.7 Å². The maximum Gasteiger partial charge on any atom is 0.354 e. The van der Waals surface area contributed by atoms with Crippen LogP contribution in [0.2, 0.25) is 5.02 Å². The molecule has 264 valence electrons. The lowest BCUT2D eigenvalue weighted by atomic mass is 10.0. The number of benzene rings is 3.